The van der Waals surface area contributed by atoms with Gasteiger partial charge in [-0.1, -0.05) is 11.6 Å². The Kier molecular flexibility index (Phi) is 4.34. The van der Waals surface area contributed by atoms with E-state index in [4.69, 9.17) is 11.6 Å². The van der Waals surface area contributed by atoms with E-state index < -0.39 is 23.4 Å². The van der Waals surface area contributed by atoms with Gasteiger partial charge in [-0.2, -0.15) is 13.2 Å². The van der Waals surface area contributed by atoms with Gasteiger partial charge in [0, 0.05) is 18.2 Å². The predicted molar refractivity (Wildman–Crippen MR) is 77.9 cm³/mol. The zero-order chi connectivity index (χ0) is 16.1. The van der Waals surface area contributed by atoms with Crippen LogP contribution in [0, 0.1) is 5.82 Å². The Balaban J connectivity index is 2.81. The van der Waals surface area contributed by atoms with Crippen LogP contribution in [-0.2, 0) is 13.2 Å². The van der Waals surface area contributed by atoms with Gasteiger partial charge in [-0.25, -0.2) is 4.39 Å². The van der Waals surface area contributed by atoms with Crippen molar-refractivity contribution in [3.63, 3.8) is 0 Å². The average molecular weight is 451 g/mol. The molecule has 2 aromatic rings. The lowest BCUT2D eigenvalue weighted by atomic mass is 10.1. The van der Waals surface area contributed by atoms with Gasteiger partial charge in [0.05, 0.1) is 14.1 Å². The number of hydrogen-bond acceptors (Lipinski definition) is 1. The first kappa shape index (κ1) is 16.6. The molecule has 0 atom stereocenters. The second-order valence-corrected chi connectivity index (χ2v) is 6.12. The fourth-order valence-corrected chi connectivity index (χ4v) is 3.79. The molecule has 2 rings (SSSR count). The van der Waals surface area contributed by atoms with E-state index in [0.29, 0.717) is 0 Å². The van der Waals surface area contributed by atoms with Crippen LogP contribution in [0.15, 0.2) is 21.2 Å². The maximum Gasteiger partial charge on any atom is 0.432 e. The van der Waals surface area contributed by atoms with Crippen LogP contribution in [0.5, 0.6) is 5.75 Å². The molecular weight excluding hydrogens is 445 g/mol. The van der Waals surface area contributed by atoms with Gasteiger partial charge in [0.2, 0.25) is 0 Å². The van der Waals surface area contributed by atoms with E-state index in [2.05, 4.69) is 31.9 Å². The molecule has 1 aromatic carbocycles. The minimum Gasteiger partial charge on any atom is -0.506 e. The summed E-state index contributed by atoms with van der Waals surface area (Å²) in [5.74, 6) is -1.28. The zero-order valence-corrected chi connectivity index (χ0v) is 14.1. The van der Waals surface area contributed by atoms with Crippen molar-refractivity contribution in [1.82, 2.24) is 4.57 Å². The molecule has 0 unspecified atom stereocenters. The standard InChI is InChI=1S/C12H6Br2ClF4NO/c1-20-10(12(17,18)19)9(13)8(11(20)14)4-2-7(21)5(15)3-6(4)16/h2-3,21H,1H3. The van der Waals surface area contributed by atoms with Crippen molar-refractivity contribution in [3.8, 4) is 16.9 Å². The van der Waals surface area contributed by atoms with Crippen molar-refractivity contribution in [2.24, 2.45) is 7.05 Å². The van der Waals surface area contributed by atoms with Crippen LogP contribution in [0.3, 0.4) is 0 Å². The first-order chi connectivity index (χ1) is 9.55. The van der Waals surface area contributed by atoms with Crippen LogP contribution >= 0.6 is 43.5 Å². The molecule has 0 aliphatic carbocycles. The summed E-state index contributed by atoms with van der Waals surface area (Å²) in [5, 5.41) is 9.32. The van der Waals surface area contributed by atoms with E-state index in [0.717, 1.165) is 16.7 Å². The number of benzene rings is 1. The largest absolute Gasteiger partial charge is 0.506 e. The summed E-state index contributed by atoms with van der Waals surface area (Å²) >= 11 is 11.4. The van der Waals surface area contributed by atoms with Gasteiger partial charge in [0.15, 0.2) is 0 Å². The molecule has 0 fully saturated rings. The lowest BCUT2D eigenvalue weighted by Crippen LogP contribution is -2.11. The maximum absolute atomic E-state index is 14.0. The van der Waals surface area contributed by atoms with E-state index >= 15 is 0 Å². The molecule has 0 aliphatic heterocycles. The molecule has 1 heterocycles. The van der Waals surface area contributed by atoms with Crippen molar-refractivity contribution in [1.29, 1.82) is 0 Å². The van der Waals surface area contributed by atoms with E-state index in [1.807, 2.05) is 0 Å². The van der Waals surface area contributed by atoms with E-state index in [-0.39, 0.29) is 25.2 Å². The second-order valence-electron chi connectivity index (χ2n) is 4.17. The molecule has 2 nitrogen and oxygen atoms in total. The highest BCUT2D eigenvalue weighted by molar-refractivity contribution is 9.11. The molecule has 114 valence electrons. The fraction of sp³-hybridized carbons (Fsp3) is 0.167. The number of phenols is 1. The van der Waals surface area contributed by atoms with E-state index in [1.54, 1.807) is 0 Å². The summed E-state index contributed by atoms with van der Waals surface area (Å²) in [7, 11) is 1.19. The average Bonchev–Trinajstić information content (AvgIpc) is 2.55. The van der Waals surface area contributed by atoms with Gasteiger partial charge < -0.3 is 9.67 Å². The summed E-state index contributed by atoms with van der Waals surface area (Å²) < 4.78 is 53.6. The molecule has 0 saturated heterocycles. The van der Waals surface area contributed by atoms with Gasteiger partial charge in [-0.05, 0) is 44.0 Å². The summed E-state index contributed by atoms with van der Waals surface area (Å²) in [4.78, 5) is 0. The lowest BCUT2D eigenvalue weighted by Gasteiger charge is -2.08. The Bertz CT molecular complexity index is 727. The molecule has 0 bridgehead atoms. The van der Waals surface area contributed by atoms with Gasteiger partial charge in [0.1, 0.15) is 17.3 Å². The number of halogens is 7. The predicted octanol–water partition coefficient (Wildman–Crippen LogP) is 5.73. The highest BCUT2D eigenvalue weighted by Crippen LogP contribution is 2.47. The monoisotopic (exact) mass is 449 g/mol. The van der Waals surface area contributed by atoms with Gasteiger partial charge >= 0.3 is 6.18 Å². The lowest BCUT2D eigenvalue weighted by molar-refractivity contribution is -0.143. The first-order valence-electron chi connectivity index (χ1n) is 5.35. The third-order valence-corrected chi connectivity index (χ3v) is 4.84. The molecule has 1 aromatic heterocycles. The molecule has 0 saturated carbocycles. The quantitative estimate of drug-likeness (QED) is 0.550. The highest BCUT2D eigenvalue weighted by atomic mass is 79.9. The number of aromatic nitrogens is 1. The Hall–Kier alpha value is -0.730. The number of alkyl halides is 3. The summed E-state index contributed by atoms with van der Waals surface area (Å²) in [6.07, 6.45) is -4.63. The van der Waals surface area contributed by atoms with Crippen molar-refractivity contribution < 1.29 is 22.7 Å². The van der Waals surface area contributed by atoms with E-state index in [9.17, 15) is 22.7 Å². The molecule has 0 radical (unpaired) electrons. The molecular formula is C12H6Br2ClF4NO. The number of rotatable bonds is 1. The van der Waals surface area contributed by atoms with Crippen molar-refractivity contribution in [2.75, 3.05) is 0 Å². The van der Waals surface area contributed by atoms with Crippen LogP contribution in [0.4, 0.5) is 17.6 Å². The van der Waals surface area contributed by atoms with Gasteiger partial charge in [-0.3, -0.25) is 0 Å². The van der Waals surface area contributed by atoms with Crippen LogP contribution < -0.4 is 0 Å². The molecule has 0 amide bonds. The third kappa shape index (κ3) is 2.80. The molecule has 9 heteroatoms. The maximum atomic E-state index is 14.0. The van der Waals surface area contributed by atoms with Crippen LogP contribution in [0.2, 0.25) is 5.02 Å². The van der Waals surface area contributed by atoms with Crippen molar-refractivity contribution >= 4 is 43.5 Å². The number of nitrogens with zero attached hydrogens (tertiary/aromatic N) is 1. The topological polar surface area (TPSA) is 25.2 Å². The summed E-state index contributed by atoms with van der Waals surface area (Å²) in [6.45, 7) is 0. The second kappa shape index (κ2) is 5.48. The van der Waals surface area contributed by atoms with Crippen LogP contribution in [0.1, 0.15) is 5.69 Å². The van der Waals surface area contributed by atoms with Gasteiger partial charge in [0.25, 0.3) is 0 Å². The minimum absolute atomic E-state index is 0.0160. The zero-order valence-electron chi connectivity index (χ0n) is 10.2. The smallest absolute Gasteiger partial charge is 0.432 e. The van der Waals surface area contributed by atoms with Crippen LogP contribution in [0.25, 0.3) is 11.1 Å². The SMILES string of the molecule is Cn1c(Br)c(-c2cc(O)c(Cl)cc2F)c(Br)c1C(F)(F)F. The molecule has 0 aliphatic rings. The fourth-order valence-electron chi connectivity index (χ4n) is 1.90. The van der Waals surface area contributed by atoms with Gasteiger partial charge in [-0.15, -0.1) is 0 Å². The third-order valence-electron chi connectivity index (χ3n) is 2.84. The number of phenolic OH excluding ortho intramolecular Hbond substituents is 1. The number of aromatic hydroxyl groups is 1. The van der Waals surface area contributed by atoms with Crippen LogP contribution in [-0.4, -0.2) is 9.67 Å². The highest BCUT2D eigenvalue weighted by Gasteiger charge is 2.39. The molecule has 0 spiro atoms. The van der Waals surface area contributed by atoms with Crippen molar-refractivity contribution in [3.05, 3.63) is 37.7 Å². The minimum atomic E-state index is -4.63. The molecule has 1 N–H and O–H groups in total. The Morgan fingerprint density at radius 3 is 2.29 bits per heavy atom. The van der Waals surface area contributed by atoms with Crippen molar-refractivity contribution in [2.45, 2.75) is 6.18 Å². The normalized spacial score (nSPS) is 12.0. The Labute approximate surface area is 138 Å². The van der Waals surface area contributed by atoms with E-state index in [1.165, 1.54) is 7.05 Å². The molecule has 21 heavy (non-hydrogen) atoms. The Morgan fingerprint density at radius 2 is 1.81 bits per heavy atom. The first-order valence-corrected chi connectivity index (χ1v) is 7.31. The number of hydrogen-bond donors (Lipinski definition) is 1. The summed E-state index contributed by atoms with van der Waals surface area (Å²) in [5.41, 5.74) is -1.24. The Morgan fingerprint density at radius 1 is 1.24 bits per heavy atom. The summed E-state index contributed by atoms with van der Waals surface area (Å²) in [6, 6.07) is 1.81.